The van der Waals surface area contributed by atoms with Crippen LogP contribution in [0.5, 0.6) is 0 Å². The third-order valence-electron chi connectivity index (χ3n) is 3.54. The number of nitrogens with zero attached hydrogens (tertiary/aromatic N) is 2. The summed E-state index contributed by atoms with van der Waals surface area (Å²) in [6.07, 6.45) is 10.1. The predicted octanol–water partition coefficient (Wildman–Crippen LogP) is 2.29. The van der Waals surface area contributed by atoms with Crippen molar-refractivity contribution in [2.45, 2.75) is 0 Å². The number of H-pyrrole nitrogens is 1. The highest BCUT2D eigenvalue weighted by molar-refractivity contribution is 7.13. The van der Waals surface area contributed by atoms with E-state index in [1.807, 2.05) is 5.38 Å². The van der Waals surface area contributed by atoms with Gasteiger partial charge < -0.3 is 21.4 Å². The fraction of sp³-hybridized carbons (Fsp3) is 0.111. The number of carbonyl (C=O) groups is 2. The number of nitrogen functional groups attached to an aromatic ring is 1. The molecule has 0 aliphatic rings. The monoisotopic (exact) mass is 414 g/mol. The van der Waals surface area contributed by atoms with Crippen LogP contribution in [-0.2, 0) is 4.79 Å². The maximum absolute atomic E-state index is 12.1. The van der Waals surface area contributed by atoms with Crippen LogP contribution in [0.3, 0.4) is 0 Å². The first kappa shape index (κ1) is 19.5. The zero-order chi connectivity index (χ0) is 19.8. The summed E-state index contributed by atoms with van der Waals surface area (Å²) in [5.74, 6) is -0.417. The van der Waals surface area contributed by atoms with Gasteiger partial charge in [0.05, 0.1) is 11.2 Å². The second kappa shape index (κ2) is 9.62. The molecule has 0 fully saturated rings. The van der Waals surface area contributed by atoms with Crippen LogP contribution in [0, 0.1) is 0 Å². The molecule has 0 unspecified atom stereocenters. The van der Waals surface area contributed by atoms with Crippen LogP contribution in [0.4, 0.5) is 5.13 Å². The van der Waals surface area contributed by atoms with Gasteiger partial charge in [-0.3, -0.25) is 14.6 Å². The average molecular weight is 415 g/mol. The molecule has 8 nitrogen and oxygen atoms in total. The van der Waals surface area contributed by atoms with Crippen molar-refractivity contribution >= 4 is 45.7 Å². The number of aromatic nitrogens is 3. The van der Waals surface area contributed by atoms with E-state index in [-0.39, 0.29) is 11.8 Å². The number of nitrogens with one attached hydrogen (secondary N) is 3. The molecule has 3 aromatic rings. The highest BCUT2D eigenvalue weighted by Gasteiger charge is 2.10. The summed E-state index contributed by atoms with van der Waals surface area (Å²) < 4.78 is 0. The average Bonchev–Trinajstić information content (AvgIpc) is 3.43. The van der Waals surface area contributed by atoms with Gasteiger partial charge in [-0.05, 0) is 12.1 Å². The lowest BCUT2D eigenvalue weighted by atomic mass is 10.2. The van der Waals surface area contributed by atoms with Crippen LogP contribution >= 0.6 is 22.7 Å². The summed E-state index contributed by atoms with van der Waals surface area (Å²) in [7, 11) is 0. The van der Waals surface area contributed by atoms with Gasteiger partial charge in [0.1, 0.15) is 5.69 Å². The number of amides is 2. The third-order valence-corrected chi connectivity index (χ3v) is 4.95. The summed E-state index contributed by atoms with van der Waals surface area (Å²) in [6.45, 7) is 0.725. The second-order valence-corrected chi connectivity index (χ2v) is 7.34. The number of thiazole rings is 2. The van der Waals surface area contributed by atoms with E-state index in [0.717, 1.165) is 16.1 Å². The first-order valence-corrected chi connectivity index (χ1v) is 10.0. The molecule has 0 bridgehead atoms. The zero-order valence-corrected chi connectivity index (χ0v) is 16.3. The first-order chi connectivity index (χ1) is 13.6. The summed E-state index contributed by atoms with van der Waals surface area (Å²) in [4.78, 5) is 35.7. The molecular formula is C18H18N6O2S2. The van der Waals surface area contributed by atoms with E-state index >= 15 is 0 Å². The van der Waals surface area contributed by atoms with E-state index in [9.17, 15) is 9.59 Å². The molecule has 0 saturated carbocycles. The van der Waals surface area contributed by atoms with E-state index in [1.165, 1.54) is 28.7 Å². The lowest BCUT2D eigenvalue weighted by Crippen LogP contribution is -2.24. The number of carbonyl (C=O) groups excluding carboxylic acids is 2. The van der Waals surface area contributed by atoms with Crippen molar-refractivity contribution < 1.29 is 9.59 Å². The molecule has 3 heterocycles. The number of nitrogens with two attached hydrogens (primary N) is 1. The Bertz CT molecular complexity index is 988. The minimum Gasteiger partial charge on any atom is -0.375 e. The number of anilines is 1. The van der Waals surface area contributed by atoms with E-state index in [2.05, 4.69) is 25.6 Å². The highest BCUT2D eigenvalue weighted by Crippen LogP contribution is 2.23. The predicted molar refractivity (Wildman–Crippen MR) is 112 cm³/mol. The van der Waals surface area contributed by atoms with Crippen molar-refractivity contribution in [3.63, 3.8) is 0 Å². The molecule has 144 valence electrons. The molecule has 5 N–H and O–H groups in total. The standard InChI is InChI=1S/C18H18N6O2S2/c19-18-24-15(10-27-18)12-7-14(23-8-12)17(26)22-6-2-1-5-21-16(25)4-3-13-9-20-11-28-13/h1-4,7-11,23H,5-6H2,(H2,19,24)(H,21,25)(H,22,26)/b2-1+,4-3+. The Balaban J connectivity index is 1.37. The molecular weight excluding hydrogens is 396 g/mol. The summed E-state index contributed by atoms with van der Waals surface area (Å²) >= 11 is 2.81. The van der Waals surface area contributed by atoms with Gasteiger partial charge in [-0.2, -0.15) is 0 Å². The summed E-state index contributed by atoms with van der Waals surface area (Å²) in [5.41, 5.74) is 9.31. The van der Waals surface area contributed by atoms with Gasteiger partial charge in [-0.25, -0.2) is 4.98 Å². The van der Waals surface area contributed by atoms with Crippen LogP contribution in [0.25, 0.3) is 17.3 Å². The van der Waals surface area contributed by atoms with E-state index < -0.39 is 0 Å². The Kier molecular flexibility index (Phi) is 6.71. The number of hydrogen-bond donors (Lipinski definition) is 4. The van der Waals surface area contributed by atoms with Crippen LogP contribution < -0.4 is 16.4 Å². The topological polar surface area (TPSA) is 126 Å². The minimum atomic E-state index is -0.226. The smallest absolute Gasteiger partial charge is 0.267 e. The van der Waals surface area contributed by atoms with Crippen LogP contribution in [0.2, 0.25) is 0 Å². The molecule has 28 heavy (non-hydrogen) atoms. The lowest BCUT2D eigenvalue weighted by molar-refractivity contribution is -0.116. The second-order valence-electron chi connectivity index (χ2n) is 5.54. The number of rotatable bonds is 8. The van der Waals surface area contributed by atoms with Crippen molar-refractivity contribution in [2.75, 3.05) is 18.8 Å². The molecule has 3 aromatic heterocycles. The third kappa shape index (κ3) is 5.63. The van der Waals surface area contributed by atoms with Crippen LogP contribution in [0.15, 0.2) is 47.6 Å². The molecule has 3 rings (SSSR count). The Morgan fingerprint density at radius 1 is 1.21 bits per heavy atom. The minimum absolute atomic E-state index is 0.191. The van der Waals surface area contributed by atoms with Crippen molar-refractivity contribution in [1.29, 1.82) is 0 Å². The Hall–Kier alpha value is -3.24. The van der Waals surface area contributed by atoms with E-state index in [0.29, 0.717) is 23.9 Å². The highest BCUT2D eigenvalue weighted by atomic mass is 32.1. The Labute approximate surface area is 169 Å². The molecule has 0 aliphatic heterocycles. The van der Waals surface area contributed by atoms with E-state index in [1.54, 1.807) is 42.2 Å². The van der Waals surface area contributed by atoms with E-state index in [4.69, 9.17) is 5.73 Å². The zero-order valence-electron chi connectivity index (χ0n) is 14.7. The Morgan fingerprint density at radius 2 is 2.04 bits per heavy atom. The van der Waals surface area contributed by atoms with Gasteiger partial charge in [0.15, 0.2) is 5.13 Å². The van der Waals surface area contributed by atoms with Gasteiger partial charge >= 0.3 is 0 Å². The van der Waals surface area contributed by atoms with Gasteiger partial charge in [0.2, 0.25) is 5.91 Å². The van der Waals surface area contributed by atoms with Crippen molar-refractivity contribution in [1.82, 2.24) is 25.6 Å². The SMILES string of the molecule is Nc1nc(-c2c[nH]c(C(=O)NC/C=C/CNC(=O)/C=C/c3cncs3)c2)cs1. The fourth-order valence-electron chi connectivity index (χ4n) is 2.19. The molecule has 10 heteroatoms. The summed E-state index contributed by atoms with van der Waals surface area (Å²) in [5, 5.41) is 7.82. The van der Waals surface area contributed by atoms with Crippen molar-refractivity contribution in [3.05, 3.63) is 58.1 Å². The fourth-order valence-corrected chi connectivity index (χ4v) is 3.28. The van der Waals surface area contributed by atoms with Crippen molar-refractivity contribution in [3.8, 4) is 11.3 Å². The lowest BCUT2D eigenvalue weighted by Gasteiger charge is -2.00. The number of hydrogen-bond acceptors (Lipinski definition) is 7. The maximum Gasteiger partial charge on any atom is 0.267 e. The van der Waals surface area contributed by atoms with Crippen LogP contribution in [0.1, 0.15) is 15.4 Å². The quantitative estimate of drug-likeness (QED) is 0.332. The largest absolute Gasteiger partial charge is 0.375 e. The molecule has 0 aliphatic carbocycles. The normalized spacial score (nSPS) is 11.3. The molecule has 0 atom stereocenters. The van der Waals surface area contributed by atoms with Gasteiger partial charge in [0.25, 0.3) is 5.91 Å². The Morgan fingerprint density at radius 3 is 2.75 bits per heavy atom. The molecule has 0 aromatic carbocycles. The van der Waals surface area contributed by atoms with Gasteiger partial charge in [-0.1, -0.05) is 12.2 Å². The molecule has 0 radical (unpaired) electrons. The molecule has 0 saturated heterocycles. The van der Waals surface area contributed by atoms with Crippen molar-refractivity contribution in [2.24, 2.45) is 0 Å². The van der Waals surface area contributed by atoms with Gasteiger partial charge in [0, 0.05) is 47.4 Å². The van der Waals surface area contributed by atoms with Gasteiger partial charge in [-0.15, -0.1) is 22.7 Å². The maximum atomic E-state index is 12.1. The van der Waals surface area contributed by atoms with Crippen LogP contribution in [-0.4, -0.2) is 39.9 Å². The number of aromatic amines is 1. The molecule has 0 spiro atoms. The summed E-state index contributed by atoms with van der Waals surface area (Å²) in [6, 6.07) is 1.73. The first-order valence-electron chi connectivity index (χ1n) is 8.29. The molecule has 2 amide bonds.